The number of nitrogens with one attached hydrogen (secondary N) is 2. The van der Waals surface area contributed by atoms with Crippen molar-refractivity contribution in [2.24, 2.45) is 7.05 Å². The van der Waals surface area contributed by atoms with Crippen molar-refractivity contribution in [1.82, 2.24) is 25.3 Å². The predicted molar refractivity (Wildman–Crippen MR) is 108 cm³/mol. The average Bonchev–Trinajstić information content (AvgIpc) is 3.36. The van der Waals surface area contributed by atoms with Crippen LogP contribution in [0.1, 0.15) is 23.7 Å². The fourth-order valence-electron chi connectivity index (χ4n) is 3.86. The van der Waals surface area contributed by atoms with Crippen LogP contribution in [0.2, 0.25) is 0 Å². The van der Waals surface area contributed by atoms with E-state index in [1.807, 2.05) is 50.6 Å². The molecule has 7 nitrogen and oxygen atoms in total. The number of hydrogen-bond acceptors (Lipinski definition) is 5. The molecule has 1 saturated heterocycles. The minimum absolute atomic E-state index is 0.0667. The van der Waals surface area contributed by atoms with E-state index in [0.717, 1.165) is 27.9 Å². The van der Waals surface area contributed by atoms with Crippen molar-refractivity contribution in [3.05, 3.63) is 60.0 Å². The number of pyridine rings is 1. The summed E-state index contributed by atoms with van der Waals surface area (Å²) in [6.45, 7) is 0.512. The lowest BCUT2D eigenvalue weighted by Crippen LogP contribution is -2.43. The normalized spacial score (nSPS) is 19.1. The maximum absolute atomic E-state index is 13.0. The highest BCUT2D eigenvalue weighted by Crippen LogP contribution is 2.28. The number of aromatic nitrogens is 2. The summed E-state index contributed by atoms with van der Waals surface area (Å²) in [7, 11) is 5.49. The Balaban J connectivity index is 1.49. The molecule has 2 N–H and O–H groups in total. The SMILES string of the molecule is COc1ccc(CN(C)C(=O)C2CC(c3cccn3C)NN2)c2cccnc12. The van der Waals surface area contributed by atoms with Crippen molar-refractivity contribution in [2.75, 3.05) is 14.2 Å². The first kappa shape index (κ1) is 18.5. The molecule has 2 unspecified atom stereocenters. The molecule has 0 spiro atoms. The first-order valence-corrected chi connectivity index (χ1v) is 9.36. The fraction of sp³-hybridized carbons (Fsp3) is 0.333. The largest absolute Gasteiger partial charge is 0.494 e. The van der Waals surface area contributed by atoms with Gasteiger partial charge in [0.15, 0.2) is 0 Å². The van der Waals surface area contributed by atoms with Gasteiger partial charge in [-0.15, -0.1) is 0 Å². The summed E-state index contributed by atoms with van der Waals surface area (Å²) in [5, 5.41) is 1.00. The van der Waals surface area contributed by atoms with Crippen LogP contribution in [-0.2, 0) is 18.4 Å². The summed E-state index contributed by atoms with van der Waals surface area (Å²) >= 11 is 0. The van der Waals surface area contributed by atoms with Gasteiger partial charge in [-0.2, -0.15) is 0 Å². The fourth-order valence-corrected chi connectivity index (χ4v) is 3.86. The van der Waals surface area contributed by atoms with E-state index in [4.69, 9.17) is 4.74 Å². The molecule has 3 heterocycles. The van der Waals surface area contributed by atoms with E-state index in [-0.39, 0.29) is 18.0 Å². The van der Waals surface area contributed by atoms with Crippen molar-refractivity contribution in [2.45, 2.75) is 25.0 Å². The maximum Gasteiger partial charge on any atom is 0.241 e. The van der Waals surface area contributed by atoms with E-state index in [0.29, 0.717) is 13.0 Å². The van der Waals surface area contributed by atoms with Crippen molar-refractivity contribution in [3.8, 4) is 5.75 Å². The third-order valence-electron chi connectivity index (χ3n) is 5.37. The molecule has 0 radical (unpaired) electrons. The molecule has 7 heteroatoms. The van der Waals surface area contributed by atoms with E-state index >= 15 is 0 Å². The van der Waals surface area contributed by atoms with Gasteiger partial charge in [0.1, 0.15) is 17.3 Å². The minimum atomic E-state index is -0.257. The summed E-state index contributed by atoms with van der Waals surface area (Å²) in [5.74, 6) is 0.803. The number of fused-ring (bicyclic) bond motifs is 1. The molecule has 2 aromatic heterocycles. The lowest BCUT2D eigenvalue weighted by molar-refractivity contribution is -0.132. The summed E-state index contributed by atoms with van der Waals surface area (Å²) < 4.78 is 7.49. The second kappa shape index (κ2) is 7.61. The predicted octanol–water partition coefficient (Wildman–Crippen LogP) is 2.15. The Labute approximate surface area is 164 Å². The highest BCUT2D eigenvalue weighted by molar-refractivity contribution is 5.88. The highest BCUT2D eigenvalue weighted by atomic mass is 16.5. The number of nitrogens with zero attached hydrogens (tertiary/aromatic N) is 3. The number of benzene rings is 1. The molecule has 146 valence electrons. The van der Waals surface area contributed by atoms with Crippen LogP contribution in [0.15, 0.2) is 48.8 Å². The molecular formula is C21H25N5O2. The number of carbonyl (C=O) groups is 1. The lowest BCUT2D eigenvalue weighted by Gasteiger charge is -2.22. The summed E-state index contributed by atoms with van der Waals surface area (Å²) in [5.41, 5.74) is 9.43. The van der Waals surface area contributed by atoms with E-state index in [2.05, 4.69) is 26.5 Å². The highest BCUT2D eigenvalue weighted by Gasteiger charge is 2.32. The second-order valence-corrected chi connectivity index (χ2v) is 7.19. The zero-order valence-electron chi connectivity index (χ0n) is 16.3. The average molecular weight is 379 g/mol. The molecule has 1 aliphatic heterocycles. The maximum atomic E-state index is 13.0. The molecule has 2 atom stereocenters. The molecule has 1 aliphatic rings. The Morgan fingerprint density at radius 2 is 2.14 bits per heavy atom. The van der Waals surface area contributed by atoms with Crippen LogP contribution in [0.25, 0.3) is 10.9 Å². The van der Waals surface area contributed by atoms with Crippen LogP contribution in [-0.4, -0.2) is 40.6 Å². The van der Waals surface area contributed by atoms with E-state index in [1.165, 1.54) is 0 Å². The van der Waals surface area contributed by atoms with Crippen molar-refractivity contribution in [1.29, 1.82) is 0 Å². The molecule has 0 aliphatic carbocycles. The Kier molecular flexibility index (Phi) is 5.02. The molecule has 28 heavy (non-hydrogen) atoms. The molecule has 1 aromatic carbocycles. The number of hydrazine groups is 1. The van der Waals surface area contributed by atoms with Gasteiger partial charge in [0.2, 0.25) is 5.91 Å². The van der Waals surface area contributed by atoms with Crippen molar-refractivity contribution in [3.63, 3.8) is 0 Å². The molecule has 0 saturated carbocycles. The number of likely N-dealkylation sites (N-methyl/N-ethyl adjacent to an activating group) is 1. The molecule has 0 bridgehead atoms. The van der Waals surface area contributed by atoms with Crippen LogP contribution in [0.3, 0.4) is 0 Å². The molecule has 4 rings (SSSR count). The number of ether oxygens (including phenoxy) is 1. The van der Waals surface area contributed by atoms with Gasteiger partial charge >= 0.3 is 0 Å². The number of carbonyl (C=O) groups excluding carboxylic acids is 1. The van der Waals surface area contributed by atoms with Crippen LogP contribution in [0.5, 0.6) is 5.75 Å². The molecule has 1 fully saturated rings. The number of methoxy groups -OCH3 is 1. The van der Waals surface area contributed by atoms with Crippen molar-refractivity contribution < 1.29 is 9.53 Å². The topological polar surface area (TPSA) is 71.4 Å². The third-order valence-corrected chi connectivity index (χ3v) is 5.37. The number of aryl methyl sites for hydroxylation is 1. The Morgan fingerprint density at radius 3 is 2.89 bits per heavy atom. The zero-order valence-corrected chi connectivity index (χ0v) is 16.3. The summed E-state index contributed by atoms with van der Waals surface area (Å²) in [6.07, 6.45) is 4.48. The summed E-state index contributed by atoms with van der Waals surface area (Å²) in [4.78, 5) is 19.2. The lowest BCUT2D eigenvalue weighted by atomic mass is 10.0. The first-order chi connectivity index (χ1) is 13.6. The van der Waals surface area contributed by atoms with Crippen LogP contribution >= 0.6 is 0 Å². The summed E-state index contributed by atoms with van der Waals surface area (Å²) in [6, 6.07) is 11.8. The van der Waals surface area contributed by atoms with E-state index in [1.54, 1.807) is 18.2 Å². The van der Waals surface area contributed by atoms with Crippen LogP contribution in [0.4, 0.5) is 0 Å². The number of amides is 1. The van der Waals surface area contributed by atoms with Gasteiger partial charge in [0.25, 0.3) is 0 Å². The quantitative estimate of drug-likeness (QED) is 0.711. The smallest absolute Gasteiger partial charge is 0.241 e. The minimum Gasteiger partial charge on any atom is -0.494 e. The van der Waals surface area contributed by atoms with Gasteiger partial charge in [-0.1, -0.05) is 12.1 Å². The monoisotopic (exact) mass is 379 g/mol. The molecule has 3 aromatic rings. The third kappa shape index (κ3) is 3.34. The first-order valence-electron chi connectivity index (χ1n) is 9.36. The molecular weight excluding hydrogens is 354 g/mol. The Hall–Kier alpha value is -2.90. The van der Waals surface area contributed by atoms with Gasteiger partial charge in [0.05, 0.1) is 13.2 Å². The van der Waals surface area contributed by atoms with E-state index < -0.39 is 0 Å². The van der Waals surface area contributed by atoms with Gasteiger partial charge < -0.3 is 14.2 Å². The number of rotatable bonds is 5. The zero-order chi connectivity index (χ0) is 19.7. The van der Waals surface area contributed by atoms with Gasteiger partial charge in [-0.25, -0.2) is 10.9 Å². The second-order valence-electron chi connectivity index (χ2n) is 7.19. The van der Waals surface area contributed by atoms with Gasteiger partial charge in [-0.3, -0.25) is 9.78 Å². The Bertz CT molecular complexity index is 999. The Morgan fingerprint density at radius 1 is 1.29 bits per heavy atom. The van der Waals surface area contributed by atoms with Crippen LogP contribution < -0.4 is 15.6 Å². The van der Waals surface area contributed by atoms with Crippen LogP contribution in [0, 0.1) is 0 Å². The number of hydrogen-bond donors (Lipinski definition) is 2. The van der Waals surface area contributed by atoms with Gasteiger partial charge in [-0.05, 0) is 36.2 Å². The molecule has 1 amide bonds. The van der Waals surface area contributed by atoms with Gasteiger partial charge in [0, 0.05) is 44.1 Å². The standard InChI is InChI=1S/C21H25N5O2/c1-25-11-5-7-18(25)16-12-17(24-23-16)21(27)26(2)13-14-8-9-19(28-3)20-15(14)6-4-10-22-20/h4-11,16-17,23-24H,12-13H2,1-3H3. The van der Waals surface area contributed by atoms with Crippen molar-refractivity contribution >= 4 is 16.8 Å². The van der Waals surface area contributed by atoms with E-state index in [9.17, 15) is 4.79 Å².